The SMILES string of the molecule is COCCN(C)S(=O)(=O)c1ccc(C(=NO[C@@H]2CC[C@@H](OC)C2)C(=O)Nc2ncc(CN3CCN(C)CC3)s2)cc1. The van der Waals surface area contributed by atoms with Gasteiger partial charge in [0.2, 0.25) is 10.0 Å². The highest BCUT2D eigenvalue weighted by atomic mass is 32.2. The smallest absolute Gasteiger partial charge is 0.280 e. The average molecular weight is 609 g/mol. The van der Waals surface area contributed by atoms with E-state index < -0.39 is 15.9 Å². The third kappa shape index (κ3) is 8.53. The molecule has 1 N–H and O–H groups in total. The number of amides is 1. The standard InChI is InChI=1S/C27H40N6O6S2/c1-31-11-13-33(14-12-31)19-23-18-28-27(40-23)29-26(34)25(30-39-22-8-7-21(17-22)38-4)20-5-9-24(10-6-20)41(35,36)32(2)15-16-37-3/h5-6,9-10,18,21-22H,7-8,11-17,19H2,1-4H3,(H,28,29,34)/t21-,22-/m1/s1. The Morgan fingerprint density at radius 3 is 2.51 bits per heavy atom. The Labute approximate surface area is 246 Å². The fourth-order valence-electron chi connectivity index (χ4n) is 4.69. The normalized spacial score (nSPS) is 21.0. The zero-order valence-corrected chi connectivity index (χ0v) is 25.7. The number of carbonyl (C=O) groups is 1. The van der Waals surface area contributed by atoms with Gasteiger partial charge in [-0.25, -0.2) is 13.4 Å². The van der Waals surface area contributed by atoms with Crippen LogP contribution in [0.4, 0.5) is 5.13 Å². The van der Waals surface area contributed by atoms with Crippen molar-refractivity contribution in [1.29, 1.82) is 0 Å². The molecule has 0 unspecified atom stereocenters. The van der Waals surface area contributed by atoms with Crippen LogP contribution < -0.4 is 5.32 Å². The summed E-state index contributed by atoms with van der Waals surface area (Å²) in [6, 6.07) is 6.05. The summed E-state index contributed by atoms with van der Waals surface area (Å²) in [5.74, 6) is -0.486. The summed E-state index contributed by atoms with van der Waals surface area (Å²) in [5, 5.41) is 7.57. The van der Waals surface area contributed by atoms with Crippen LogP contribution in [0.15, 0.2) is 40.5 Å². The third-order valence-corrected chi connectivity index (χ3v) is 10.1. The van der Waals surface area contributed by atoms with Crippen molar-refractivity contribution in [3.05, 3.63) is 40.9 Å². The maximum Gasteiger partial charge on any atom is 0.280 e. The molecular formula is C27H40N6O6S2. The first-order valence-electron chi connectivity index (χ1n) is 13.7. The Morgan fingerprint density at radius 2 is 1.85 bits per heavy atom. The van der Waals surface area contributed by atoms with E-state index in [4.69, 9.17) is 14.3 Å². The number of rotatable bonds is 13. The van der Waals surface area contributed by atoms with Gasteiger partial charge >= 0.3 is 0 Å². The number of hydrogen-bond donors (Lipinski definition) is 1. The van der Waals surface area contributed by atoms with Crippen LogP contribution >= 0.6 is 11.3 Å². The number of anilines is 1. The largest absolute Gasteiger partial charge is 0.392 e. The number of methoxy groups -OCH3 is 2. The molecular weight excluding hydrogens is 568 g/mol. The second-order valence-corrected chi connectivity index (χ2v) is 13.5. The summed E-state index contributed by atoms with van der Waals surface area (Å²) < 4.78 is 37.5. The fourth-order valence-corrected chi connectivity index (χ4v) is 6.69. The summed E-state index contributed by atoms with van der Waals surface area (Å²) in [5.41, 5.74) is 0.467. The molecule has 2 atom stereocenters. The van der Waals surface area contributed by atoms with Crippen molar-refractivity contribution in [1.82, 2.24) is 19.1 Å². The van der Waals surface area contributed by atoms with Crippen LogP contribution in [0.5, 0.6) is 0 Å². The molecule has 1 aromatic carbocycles. The van der Waals surface area contributed by atoms with E-state index in [1.54, 1.807) is 25.4 Å². The van der Waals surface area contributed by atoms with Gasteiger partial charge in [-0.2, -0.15) is 4.31 Å². The van der Waals surface area contributed by atoms with Gasteiger partial charge in [0.1, 0.15) is 6.10 Å². The van der Waals surface area contributed by atoms with E-state index >= 15 is 0 Å². The fraction of sp³-hybridized carbons (Fsp3) is 0.593. The van der Waals surface area contributed by atoms with Gasteiger partial charge in [0.25, 0.3) is 5.91 Å². The van der Waals surface area contributed by atoms with E-state index in [0.29, 0.717) is 17.1 Å². The van der Waals surface area contributed by atoms with Crippen molar-refractivity contribution in [3.63, 3.8) is 0 Å². The van der Waals surface area contributed by atoms with Crippen LogP contribution in [0.1, 0.15) is 29.7 Å². The first-order valence-corrected chi connectivity index (χ1v) is 15.9. The Balaban J connectivity index is 1.49. The van der Waals surface area contributed by atoms with Gasteiger partial charge in [-0.05, 0) is 32.0 Å². The molecule has 0 radical (unpaired) electrons. The van der Waals surface area contributed by atoms with Crippen molar-refractivity contribution in [2.45, 2.75) is 42.9 Å². The molecule has 41 heavy (non-hydrogen) atoms. The quantitative estimate of drug-likeness (QED) is 0.269. The molecule has 0 bridgehead atoms. The lowest BCUT2D eigenvalue weighted by Gasteiger charge is -2.31. The lowest BCUT2D eigenvalue weighted by Crippen LogP contribution is -2.43. The molecule has 14 heteroatoms. The van der Waals surface area contributed by atoms with Crippen molar-refractivity contribution in [3.8, 4) is 0 Å². The number of ether oxygens (including phenoxy) is 2. The van der Waals surface area contributed by atoms with E-state index in [1.165, 1.54) is 41.9 Å². The highest BCUT2D eigenvalue weighted by Crippen LogP contribution is 2.25. The van der Waals surface area contributed by atoms with Crippen molar-refractivity contribution < 1.29 is 27.5 Å². The number of carbonyl (C=O) groups excluding carboxylic acids is 1. The highest BCUT2D eigenvalue weighted by molar-refractivity contribution is 7.89. The molecule has 1 saturated carbocycles. The second-order valence-electron chi connectivity index (χ2n) is 10.3. The van der Waals surface area contributed by atoms with Crippen LogP contribution in [-0.2, 0) is 35.7 Å². The summed E-state index contributed by atoms with van der Waals surface area (Å²) in [7, 11) is 3.09. The van der Waals surface area contributed by atoms with E-state index in [9.17, 15) is 13.2 Å². The van der Waals surface area contributed by atoms with Crippen LogP contribution in [0.25, 0.3) is 0 Å². The molecule has 1 saturated heterocycles. The minimum atomic E-state index is -3.72. The number of sulfonamides is 1. The van der Waals surface area contributed by atoms with E-state index in [-0.39, 0.29) is 36.0 Å². The van der Waals surface area contributed by atoms with Gasteiger partial charge in [-0.1, -0.05) is 17.3 Å². The number of benzene rings is 1. The molecule has 226 valence electrons. The second kappa shape index (κ2) is 14.6. The van der Waals surface area contributed by atoms with Crippen LogP contribution in [0.3, 0.4) is 0 Å². The predicted molar refractivity (Wildman–Crippen MR) is 158 cm³/mol. The van der Waals surface area contributed by atoms with Crippen LogP contribution in [-0.4, -0.2) is 119 Å². The zero-order valence-electron chi connectivity index (χ0n) is 24.1. The summed E-state index contributed by atoms with van der Waals surface area (Å²) >= 11 is 1.42. The van der Waals surface area contributed by atoms with Crippen molar-refractivity contribution in [2.75, 3.05) is 73.0 Å². The molecule has 2 heterocycles. The Morgan fingerprint density at radius 1 is 1.15 bits per heavy atom. The molecule has 2 fully saturated rings. The van der Waals surface area contributed by atoms with Gasteiger partial charge in [-0.3, -0.25) is 15.0 Å². The highest BCUT2D eigenvalue weighted by Gasteiger charge is 2.27. The zero-order chi connectivity index (χ0) is 29.4. The number of nitrogens with zero attached hydrogens (tertiary/aromatic N) is 5. The monoisotopic (exact) mass is 608 g/mol. The molecule has 2 aliphatic rings. The minimum absolute atomic E-state index is 0.0402. The molecule has 1 aromatic heterocycles. The maximum atomic E-state index is 13.4. The molecule has 1 aliphatic carbocycles. The Hall–Kier alpha value is -2.46. The van der Waals surface area contributed by atoms with Gasteiger partial charge in [0.05, 0.1) is 17.6 Å². The van der Waals surface area contributed by atoms with Crippen molar-refractivity contribution in [2.24, 2.45) is 5.16 Å². The van der Waals surface area contributed by atoms with Crippen LogP contribution in [0, 0.1) is 0 Å². The van der Waals surface area contributed by atoms with Gasteiger partial charge in [-0.15, -0.1) is 11.3 Å². The van der Waals surface area contributed by atoms with E-state index in [2.05, 4.69) is 32.3 Å². The number of likely N-dealkylation sites (N-methyl/N-ethyl adjacent to an activating group) is 2. The van der Waals surface area contributed by atoms with Gasteiger partial charge in [0, 0.05) is 83.6 Å². The van der Waals surface area contributed by atoms with Gasteiger partial charge in [0.15, 0.2) is 10.8 Å². The molecule has 1 amide bonds. The number of oxime groups is 1. The lowest BCUT2D eigenvalue weighted by atomic mass is 10.1. The minimum Gasteiger partial charge on any atom is -0.392 e. The number of nitrogens with one attached hydrogen (secondary N) is 1. The molecule has 0 spiro atoms. The summed E-state index contributed by atoms with van der Waals surface area (Å²) in [6.45, 7) is 5.31. The molecule has 1 aliphatic heterocycles. The van der Waals surface area contributed by atoms with Crippen molar-refractivity contribution >= 4 is 38.1 Å². The first-order chi connectivity index (χ1) is 19.7. The van der Waals surface area contributed by atoms with Gasteiger partial charge < -0.3 is 19.2 Å². The topological polar surface area (TPSA) is 126 Å². The maximum absolute atomic E-state index is 13.4. The van der Waals surface area contributed by atoms with E-state index in [1.807, 2.05) is 0 Å². The van der Waals surface area contributed by atoms with E-state index in [0.717, 1.165) is 50.4 Å². The summed E-state index contributed by atoms with van der Waals surface area (Å²) in [4.78, 5) is 29.5. The average Bonchev–Trinajstić information content (AvgIpc) is 3.62. The molecule has 2 aromatic rings. The number of aromatic nitrogens is 1. The predicted octanol–water partition coefficient (Wildman–Crippen LogP) is 2.08. The summed E-state index contributed by atoms with van der Waals surface area (Å²) in [6.07, 6.45) is 4.02. The lowest BCUT2D eigenvalue weighted by molar-refractivity contribution is -0.110. The Bertz CT molecular complexity index is 1280. The molecule has 4 rings (SSSR count). The Kier molecular flexibility index (Phi) is 11.2. The number of thiazole rings is 1. The van der Waals surface area contributed by atoms with Crippen LogP contribution in [0.2, 0.25) is 0 Å². The number of piperazine rings is 1. The first kappa shape index (κ1) is 31.5. The number of hydrogen-bond acceptors (Lipinski definition) is 11. The molecule has 12 nitrogen and oxygen atoms in total. The third-order valence-electron chi connectivity index (χ3n) is 7.37.